The number of hydrogen-bond acceptors (Lipinski definition) is 2. The second-order valence-corrected chi connectivity index (χ2v) is 6.04. The average Bonchev–Trinajstić information content (AvgIpc) is 2.79. The second kappa shape index (κ2) is 8.76. The first-order valence-electron chi connectivity index (χ1n) is 8.55. The number of amides is 1. The van der Waals surface area contributed by atoms with E-state index in [0.29, 0.717) is 24.4 Å². The predicted molar refractivity (Wildman–Crippen MR) is 97.1 cm³/mol. The molecule has 23 heavy (non-hydrogen) atoms. The maximum absolute atomic E-state index is 11.5. The van der Waals surface area contributed by atoms with Gasteiger partial charge >= 0.3 is 0 Å². The smallest absolute Gasteiger partial charge is 0.219 e. The highest BCUT2D eigenvalue weighted by Crippen LogP contribution is 2.47. The van der Waals surface area contributed by atoms with Gasteiger partial charge in [0.15, 0.2) is 0 Å². The van der Waals surface area contributed by atoms with Crippen LogP contribution in [0.2, 0.25) is 0 Å². The van der Waals surface area contributed by atoms with Crippen LogP contribution in [0.25, 0.3) is 0 Å². The Morgan fingerprint density at radius 2 is 1.96 bits per heavy atom. The standard InChI is InChI=1S/C18H25NO2.C2H6/c1-6-9-21-15-7-8-16-12(2)13(3)18(17(16)10-15)11-19(5)14(4)20;1-2/h6-8,10,12-13,18H,1,9,11H2,2-5H3;1-2H3. The molecule has 3 nitrogen and oxygen atoms in total. The van der Waals surface area contributed by atoms with Gasteiger partial charge in [0, 0.05) is 26.4 Å². The maximum atomic E-state index is 11.5. The highest BCUT2D eigenvalue weighted by molar-refractivity contribution is 5.73. The Kier molecular flexibility index (Phi) is 7.34. The number of hydrogen-bond donors (Lipinski definition) is 0. The number of likely N-dealkylation sites (N-methyl/N-ethyl adjacent to an activating group) is 1. The molecule has 0 aromatic heterocycles. The molecule has 3 unspecified atom stereocenters. The highest BCUT2D eigenvalue weighted by atomic mass is 16.5. The fourth-order valence-electron chi connectivity index (χ4n) is 3.14. The molecule has 128 valence electrons. The molecule has 3 atom stereocenters. The molecule has 1 amide bonds. The lowest BCUT2D eigenvalue weighted by Gasteiger charge is -2.25. The van der Waals surface area contributed by atoms with E-state index in [1.165, 1.54) is 11.1 Å². The molecule has 0 aliphatic heterocycles. The van der Waals surface area contributed by atoms with Gasteiger partial charge in [-0.05, 0) is 35.1 Å². The normalized spacial score (nSPS) is 21.7. The van der Waals surface area contributed by atoms with E-state index in [0.717, 1.165) is 12.3 Å². The van der Waals surface area contributed by atoms with E-state index >= 15 is 0 Å². The summed E-state index contributed by atoms with van der Waals surface area (Å²) in [5.41, 5.74) is 2.71. The Labute approximate surface area is 141 Å². The average molecular weight is 317 g/mol. The first kappa shape index (κ1) is 19.3. The molecular formula is C20H31NO2. The van der Waals surface area contributed by atoms with Crippen LogP contribution in [0.5, 0.6) is 5.75 Å². The van der Waals surface area contributed by atoms with Crippen molar-refractivity contribution in [3.05, 3.63) is 42.0 Å². The maximum Gasteiger partial charge on any atom is 0.219 e. The van der Waals surface area contributed by atoms with Crippen molar-refractivity contribution in [2.45, 2.75) is 46.5 Å². The van der Waals surface area contributed by atoms with Crippen molar-refractivity contribution < 1.29 is 9.53 Å². The number of carbonyl (C=O) groups excluding carboxylic acids is 1. The van der Waals surface area contributed by atoms with Crippen molar-refractivity contribution in [3.8, 4) is 5.75 Å². The lowest BCUT2D eigenvalue weighted by molar-refractivity contribution is -0.127. The number of rotatable bonds is 5. The molecule has 0 radical (unpaired) electrons. The second-order valence-electron chi connectivity index (χ2n) is 6.04. The minimum atomic E-state index is 0.113. The topological polar surface area (TPSA) is 29.5 Å². The monoisotopic (exact) mass is 317 g/mol. The van der Waals surface area contributed by atoms with Gasteiger partial charge in [0.2, 0.25) is 5.91 Å². The molecule has 2 rings (SSSR count). The van der Waals surface area contributed by atoms with Crippen LogP contribution < -0.4 is 4.74 Å². The fraction of sp³-hybridized carbons (Fsp3) is 0.550. The third kappa shape index (κ3) is 4.37. The van der Waals surface area contributed by atoms with E-state index in [2.05, 4.69) is 32.6 Å². The molecule has 0 saturated carbocycles. The largest absolute Gasteiger partial charge is 0.490 e. The Bertz CT molecular complexity index is 538. The molecule has 1 aliphatic carbocycles. The van der Waals surface area contributed by atoms with Crippen molar-refractivity contribution in [2.24, 2.45) is 5.92 Å². The summed E-state index contributed by atoms with van der Waals surface area (Å²) in [6.07, 6.45) is 1.75. The summed E-state index contributed by atoms with van der Waals surface area (Å²) in [6, 6.07) is 6.34. The van der Waals surface area contributed by atoms with E-state index < -0.39 is 0 Å². The highest BCUT2D eigenvalue weighted by Gasteiger charge is 2.36. The van der Waals surface area contributed by atoms with Gasteiger partial charge in [0.05, 0.1) is 0 Å². The van der Waals surface area contributed by atoms with Gasteiger partial charge in [-0.2, -0.15) is 0 Å². The Morgan fingerprint density at radius 3 is 2.52 bits per heavy atom. The number of benzene rings is 1. The quantitative estimate of drug-likeness (QED) is 0.743. The van der Waals surface area contributed by atoms with Crippen LogP contribution in [0.4, 0.5) is 0 Å². The van der Waals surface area contributed by atoms with Gasteiger partial charge in [-0.15, -0.1) is 0 Å². The van der Waals surface area contributed by atoms with Crippen molar-refractivity contribution in [3.63, 3.8) is 0 Å². The van der Waals surface area contributed by atoms with Crippen molar-refractivity contribution in [1.29, 1.82) is 0 Å². The third-order valence-corrected chi connectivity index (χ3v) is 4.75. The zero-order valence-electron chi connectivity index (χ0n) is 15.4. The first-order valence-corrected chi connectivity index (χ1v) is 8.55. The molecule has 0 bridgehead atoms. The Morgan fingerprint density at radius 1 is 1.30 bits per heavy atom. The van der Waals surface area contributed by atoms with Gasteiger partial charge in [-0.25, -0.2) is 0 Å². The molecular weight excluding hydrogens is 286 g/mol. The molecule has 0 N–H and O–H groups in total. The minimum absolute atomic E-state index is 0.113. The van der Waals surface area contributed by atoms with Crippen LogP contribution in [0.15, 0.2) is 30.9 Å². The summed E-state index contributed by atoms with van der Waals surface area (Å²) in [6.45, 7) is 15.1. The Hall–Kier alpha value is -1.77. The number of carbonyl (C=O) groups is 1. The minimum Gasteiger partial charge on any atom is -0.490 e. The first-order chi connectivity index (χ1) is 11.0. The summed E-state index contributed by atoms with van der Waals surface area (Å²) in [5, 5.41) is 0. The molecule has 0 saturated heterocycles. The van der Waals surface area contributed by atoms with E-state index in [9.17, 15) is 4.79 Å². The molecule has 0 fully saturated rings. The summed E-state index contributed by atoms with van der Waals surface area (Å²) in [5.74, 6) is 2.40. The van der Waals surface area contributed by atoms with Crippen molar-refractivity contribution in [1.82, 2.24) is 4.90 Å². The predicted octanol–water partition coefficient (Wildman–Crippen LogP) is 4.59. The zero-order chi connectivity index (χ0) is 17.6. The van der Waals surface area contributed by atoms with Crippen LogP contribution >= 0.6 is 0 Å². The van der Waals surface area contributed by atoms with Crippen molar-refractivity contribution in [2.75, 3.05) is 20.2 Å². The van der Waals surface area contributed by atoms with E-state index in [4.69, 9.17) is 4.74 Å². The summed E-state index contributed by atoms with van der Waals surface area (Å²) >= 11 is 0. The summed E-state index contributed by atoms with van der Waals surface area (Å²) in [7, 11) is 1.87. The van der Waals surface area contributed by atoms with Crippen LogP contribution in [-0.4, -0.2) is 31.0 Å². The zero-order valence-corrected chi connectivity index (χ0v) is 15.4. The van der Waals surface area contributed by atoms with E-state index in [1.54, 1.807) is 17.9 Å². The van der Waals surface area contributed by atoms with Gasteiger partial charge in [0.25, 0.3) is 0 Å². The SMILES string of the molecule is C=CCOc1ccc2c(c1)C(CN(C)C(C)=O)C(C)C2C.CC. The summed E-state index contributed by atoms with van der Waals surface area (Å²) in [4.78, 5) is 13.3. The van der Waals surface area contributed by atoms with Gasteiger partial charge in [-0.1, -0.05) is 46.4 Å². The van der Waals surface area contributed by atoms with Gasteiger partial charge in [0.1, 0.15) is 12.4 Å². The molecule has 1 aromatic rings. The number of ether oxygens (including phenoxy) is 1. The van der Waals surface area contributed by atoms with Crippen LogP contribution in [-0.2, 0) is 4.79 Å². The third-order valence-electron chi connectivity index (χ3n) is 4.75. The van der Waals surface area contributed by atoms with Gasteiger partial charge < -0.3 is 9.64 Å². The fourth-order valence-corrected chi connectivity index (χ4v) is 3.14. The van der Waals surface area contributed by atoms with Crippen molar-refractivity contribution >= 4 is 5.91 Å². The van der Waals surface area contributed by atoms with Crippen LogP contribution in [0, 0.1) is 5.92 Å². The number of nitrogens with zero attached hydrogens (tertiary/aromatic N) is 1. The number of fused-ring (bicyclic) bond motifs is 1. The molecule has 0 heterocycles. The van der Waals surface area contributed by atoms with Gasteiger partial charge in [-0.3, -0.25) is 4.79 Å². The molecule has 1 aromatic carbocycles. The van der Waals surface area contributed by atoms with E-state index in [-0.39, 0.29) is 5.91 Å². The molecule has 3 heteroatoms. The lowest BCUT2D eigenvalue weighted by Crippen LogP contribution is -2.30. The van der Waals surface area contributed by atoms with Crippen LogP contribution in [0.3, 0.4) is 0 Å². The van der Waals surface area contributed by atoms with Crippen LogP contribution in [0.1, 0.15) is 57.6 Å². The Balaban J connectivity index is 0.00000127. The molecule has 1 aliphatic rings. The molecule has 0 spiro atoms. The lowest BCUT2D eigenvalue weighted by atomic mass is 9.89. The summed E-state index contributed by atoms with van der Waals surface area (Å²) < 4.78 is 5.65. The van der Waals surface area contributed by atoms with E-state index in [1.807, 2.05) is 27.0 Å².